The first kappa shape index (κ1) is 16.9. The van der Waals surface area contributed by atoms with Crippen LogP contribution in [0.1, 0.15) is 5.56 Å². The topological polar surface area (TPSA) is 99.0 Å². The van der Waals surface area contributed by atoms with Crippen molar-refractivity contribution in [2.24, 2.45) is 5.10 Å². The zero-order valence-electron chi connectivity index (χ0n) is 14.3. The molecule has 0 unspecified atom stereocenters. The van der Waals surface area contributed by atoms with E-state index in [0.29, 0.717) is 31.1 Å². The van der Waals surface area contributed by atoms with Crippen molar-refractivity contribution in [1.29, 1.82) is 0 Å². The number of hydrazone groups is 1. The maximum Gasteiger partial charge on any atom is 0.250 e. The van der Waals surface area contributed by atoms with Gasteiger partial charge in [-0.1, -0.05) is 12.1 Å². The Morgan fingerprint density at radius 3 is 2.76 bits per heavy atom. The minimum atomic E-state index is 0.189. The summed E-state index contributed by atoms with van der Waals surface area (Å²) in [6.45, 7) is 2.79. The van der Waals surface area contributed by atoms with Gasteiger partial charge in [0.2, 0.25) is 17.8 Å². The van der Waals surface area contributed by atoms with E-state index in [1.807, 2.05) is 25.1 Å². The lowest BCUT2D eigenvalue weighted by Crippen LogP contribution is -2.37. The summed E-state index contributed by atoms with van der Waals surface area (Å²) in [5.41, 5.74) is 3.59. The Morgan fingerprint density at radius 2 is 2.04 bits per heavy atom. The fourth-order valence-electron chi connectivity index (χ4n) is 2.28. The maximum atomic E-state index is 9.47. The lowest BCUT2D eigenvalue weighted by molar-refractivity contribution is 0.122. The summed E-state index contributed by atoms with van der Waals surface area (Å²) in [6, 6.07) is 6.81. The van der Waals surface area contributed by atoms with Crippen molar-refractivity contribution in [2.75, 3.05) is 55.6 Å². The van der Waals surface area contributed by atoms with Crippen LogP contribution in [0.25, 0.3) is 0 Å². The van der Waals surface area contributed by atoms with Gasteiger partial charge >= 0.3 is 0 Å². The van der Waals surface area contributed by atoms with Crippen LogP contribution in [-0.4, -0.2) is 66.7 Å². The van der Waals surface area contributed by atoms with Crippen molar-refractivity contribution >= 4 is 24.1 Å². The molecule has 0 spiro atoms. The first-order valence-electron chi connectivity index (χ1n) is 7.96. The Labute approximate surface area is 146 Å². The van der Waals surface area contributed by atoms with Gasteiger partial charge in [-0.2, -0.15) is 20.1 Å². The highest BCUT2D eigenvalue weighted by Crippen LogP contribution is 2.16. The highest BCUT2D eigenvalue weighted by atomic mass is 16.5. The molecule has 3 rings (SSSR count). The molecule has 1 fully saturated rings. The van der Waals surface area contributed by atoms with Crippen LogP contribution in [0.3, 0.4) is 0 Å². The molecule has 1 aliphatic rings. The Morgan fingerprint density at radius 1 is 1.24 bits per heavy atom. The Kier molecular flexibility index (Phi) is 5.24. The van der Waals surface area contributed by atoms with E-state index >= 15 is 0 Å². The number of hydrogen-bond donors (Lipinski definition) is 2. The van der Waals surface area contributed by atoms with E-state index in [4.69, 9.17) is 4.74 Å². The number of hydrogen-bond acceptors (Lipinski definition) is 9. The predicted molar refractivity (Wildman–Crippen MR) is 96.5 cm³/mol. The summed E-state index contributed by atoms with van der Waals surface area (Å²) in [5.74, 6) is 1.69. The third-order valence-electron chi connectivity index (χ3n) is 3.55. The minimum absolute atomic E-state index is 0.189. The van der Waals surface area contributed by atoms with Crippen molar-refractivity contribution in [2.45, 2.75) is 0 Å². The van der Waals surface area contributed by atoms with E-state index in [-0.39, 0.29) is 5.75 Å². The zero-order chi connectivity index (χ0) is 17.6. The molecule has 0 amide bonds. The molecule has 1 aromatic heterocycles. The largest absolute Gasteiger partial charge is 0.508 e. The summed E-state index contributed by atoms with van der Waals surface area (Å²) >= 11 is 0. The summed E-state index contributed by atoms with van der Waals surface area (Å²) in [4.78, 5) is 17.1. The molecule has 25 heavy (non-hydrogen) atoms. The number of phenols is 1. The molecule has 0 aliphatic carbocycles. The Hall–Kier alpha value is -2.94. The second-order valence-corrected chi connectivity index (χ2v) is 5.72. The van der Waals surface area contributed by atoms with E-state index < -0.39 is 0 Å². The van der Waals surface area contributed by atoms with Gasteiger partial charge in [-0.15, -0.1) is 0 Å². The molecule has 132 valence electrons. The van der Waals surface area contributed by atoms with Crippen LogP contribution < -0.4 is 15.2 Å². The van der Waals surface area contributed by atoms with E-state index in [2.05, 4.69) is 30.4 Å². The third kappa shape index (κ3) is 4.54. The van der Waals surface area contributed by atoms with Gasteiger partial charge in [0.15, 0.2) is 0 Å². The molecule has 9 heteroatoms. The van der Waals surface area contributed by atoms with Crippen LogP contribution in [0.4, 0.5) is 17.8 Å². The molecular weight excluding hydrogens is 322 g/mol. The number of anilines is 3. The fraction of sp³-hybridized carbons (Fsp3) is 0.375. The number of aromatic nitrogens is 3. The maximum absolute atomic E-state index is 9.47. The first-order chi connectivity index (χ1) is 12.1. The average molecular weight is 343 g/mol. The van der Waals surface area contributed by atoms with Crippen molar-refractivity contribution in [3.63, 3.8) is 0 Å². The van der Waals surface area contributed by atoms with Gasteiger partial charge in [0.25, 0.3) is 0 Å². The lowest BCUT2D eigenvalue weighted by atomic mass is 10.2. The summed E-state index contributed by atoms with van der Waals surface area (Å²) in [5, 5.41) is 13.6. The van der Waals surface area contributed by atoms with Gasteiger partial charge in [0, 0.05) is 27.2 Å². The molecule has 1 aromatic carbocycles. The van der Waals surface area contributed by atoms with Crippen LogP contribution in [0.2, 0.25) is 0 Å². The summed E-state index contributed by atoms with van der Waals surface area (Å²) in [6.07, 6.45) is 1.59. The van der Waals surface area contributed by atoms with Crippen LogP contribution >= 0.6 is 0 Å². The van der Waals surface area contributed by atoms with E-state index in [1.54, 1.807) is 24.4 Å². The molecule has 0 saturated carbocycles. The average Bonchev–Trinajstić information content (AvgIpc) is 2.62. The van der Waals surface area contributed by atoms with Crippen molar-refractivity contribution < 1.29 is 9.84 Å². The molecule has 0 radical (unpaired) electrons. The number of benzene rings is 1. The highest BCUT2D eigenvalue weighted by Gasteiger charge is 2.17. The van der Waals surface area contributed by atoms with Gasteiger partial charge in [-0.25, -0.2) is 5.43 Å². The summed E-state index contributed by atoms with van der Waals surface area (Å²) in [7, 11) is 3.75. The minimum Gasteiger partial charge on any atom is -0.508 e. The zero-order valence-corrected chi connectivity index (χ0v) is 14.3. The van der Waals surface area contributed by atoms with E-state index in [0.717, 1.165) is 18.7 Å². The number of rotatable bonds is 5. The fourth-order valence-corrected chi connectivity index (χ4v) is 2.28. The Balaban J connectivity index is 1.78. The normalized spacial score (nSPS) is 14.7. The van der Waals surface area contributed by atoms with Crippen LogP contribution in [0.15, 0.2) is 29.4 Å². The van der Waals surface area contributed by atoms with Crippen molar-refractivity contribution in [3.8, 4) is 5.75 Å². The standard InChI is InChI=1S/C16H21N7O2/c1-22(2)15-18-14(19-16(20-15)23-6-8-25-9-7-23)21-17-11-12-4-3-5-13(24)10-12/h3-5,10-11,24H,6-9H2,1-2H3,(H,18,19,20,21)/b17-11+. The van der Waals surface area contributed by atoms with Crippen molar-refractivity contribution in [1.82, 2.24) is 15.0 Å². The number of morpholine rings is 1. The molecule has 2 heterocycles. The molecular formula is C16H21N7O2. The van der Waals surface area contributed by atoms with Crippen LogP contribution in [0.5, 0.6) is 5.75 Å². The number of aromatic hydroxyl groups is 1. The van der Waals surface area contributed by atoms with Gasteiger partial charge in [0.05, 0.1) is 19.4 Å². The van der Waals surface area contributed by atoms with E-state index in [1.165, 1.54) is 0 Å². The SMILES string of the molecule is CN(C)c1nc(N/N=C/c2cccc(O)c2)nc(N2CCOCC2)n1. The van der Waals surface area contributed by atoms with Gasteiger partial charge in [-0.05, 0) is 17.7 Å². The molecule has 0 atom stereocenters. The summed E-state index contributed by atoms with van der Waals surface area (Å²) < 4.78 is 5.37. The van der Waals surface area contributed by atoms with Crippen molar-refractivity contribution in [3.05, 3.63) is 29.8 Å². The third-order valence-corrected chi connectivity index (χ3v) is 3.55. The monoisotopic (exact) mass is 343 g/mol. The van der Waals surface area contributed by atoms with Gasteiger partial charge in [0.1, 0.15) is 5.75 Å². The molecule has 1 aliphatic heterocycles. The second kappa shape index (κ2) is 7.75. The molecule has 0 bridgehead atoms. The molecule has 2 N–H and O–H groups in total. The molecule has 1 saturated heterocycles. The highest BCUT2D eigenvalue weighted by molar-refractivity contribution is 5.80. The van der Waals surface area contributed by atoms with Gasteiger partial charge in [-0.3, -0.25) is 0 Å². The molecule has 9 nitrogen and oxygen atoms in total. The van der Waals surface area contributed by atoms with Crippen LogP contribution in [-0.2, 0) is 4.74 Å². The quantitative estimate of drug-likeness (QED) is 0.611. The Bertz CT molecular complexity index is 745. The number of nitrogens with one attached hydrogen (secondary N) is 1. The first-order valence-corrected chi connectivity index (χ1v) is 7.96. The lowest BCUT2D eigenvalue weighted by Gasteiger charge is -2.27. The smallest absolute Gasteiger partial charge is 0.250 e. The molecule has 2 aromatic rings. The van der Waals surface area contributed by atoms with Gasteiger partial charge < -0.3 is 19.6 Å². The second-order valence-electron chi connectivity index (χ2n) is 5.72. The number of phenolic OH excluding ortho intramolecular Hbond substituents is 1. The predicted octanol–water partition coefficient (Wildman–Crippen LogP) is 0.926. The van der Waals surface area contributed by atoms with E-state index in [9.17, 15) is 5.11 Å². The van der Waals surface area contributed by atoms with Crippen LogP contribution in [0, 0.1) is 0 Å². The number of nitrogens with zero attached hydrogens (tertiary/aromatic N) is 6. The number of ether oxygens (including phenoxy) is 1.